The second-order valence-corrected chi connectivity index (χ2v) is 8.67. The van der Waals surface area contributed by atoms with Crippen molar-refractivity contribution in [1.29, 1.82) is 0 Å². The highest BCUT2D eigenvalue weighted by Crippen LogP contribution is 2.33. The molecule has 1 heterocycles. The van der Waals surface area contributed by atoms with Crippen molar-refractivity contribution >= 4 is 0 Å². The van der Waals surface area contributed by atoms with Crippen LogP contribution in [0.15, 0.2) is 36.4 Å². The van der Waals surface area contributed by atoms with Crippen LogP contribution in [0.4, 0.5) is 0 Å². The zero-order chi connectivity index (χ0) is 26.4. The number of ether oxygens (including phenoxy) is 4. The molecule has 11 heteroatoms. The molecule has 3 rings (SSSR count). The molecule has 0 spiro atoms. The van der Waals surface area contributed by atoms with E-state index in [-0.39, 0.29) is 29.6 Å². The molecule has 7 N–H and O–H groups in total. The van der Waals surface area contributed by atoms with E-state index in [4.69, 9.17) is 18.9 Å². The first kappa shape index (κ1) is 27.9. The fraction of sp³-hybridized carbons (Fsp3) is 0.520. The number of aromatic hydroxyl groups is 2. The lowest BCUT2D eigenvalue weighted by molar-refractivity contribution is -0.293. The monoisotopic (exact) mass is 510 g/mol. The van der Waals surface area contributed by atoms with E-state index in [1.165, 1.54) is 37.4 Å². The second-order valence-electron chi connectivity index (χ2n) is 8.67. The van der Waals surface area contributed by atoms with Gasteiger partial charge in [-0.05, 0) is 55.2 Å². The van der Waals surface area contributed by atoms with Crippen molar-refractivity contribution in [3.05, 3.63) is 47.5 Å². The van der Waals surface area contributed by atoms with E-state index in [0.717, 1.165) is 5.56 Å². The Balaban J connectivity index is 1.54. The maximum atomic E-state index is 10.6. The van der Waals surface area contributed by atoms with E-state index < -0.39 is 49.5 Å². The third kappa shape index (κ3) is 6.56. The largest absolute Gasteiger partial charge is 0.504 e. The molecular formula is C25H34O11. The Hall–Kier alpha value is -2.64. The number of aryl methyl sites for hydroxylation is 1. The number of hydrogen-bond donors (Lipinski definition) is 7. The fourth-order valence-corrected chi connectivity index (χ4v) is 3.90. The molecule has 1 saturated heterocycles. The molecule has 0 radical (unpaired) electrons. The summed E-state index contributed by atoms with van der Waals surface area (Å²) in [6, 6.07) is 8.99. The van der Waals surface area contributed by atoms with Crippen molar-refractivity contribution in [2.24, 2.45) is 0 Å². The predicted octanol–water partition coefficient (Wildman–Crippen LogP) is 0.356. The van der Waals surface area contributed by atoms with Crippen LogP contribution < -0.4 is 9.47 Å². The molecule has 7 unspecified atom stereocenters. The number of benzene rings is 2. The van der Waals surface area contributed by atoms with Crippen LogP contribution in [0, 0.1) is 0 Å². The van der Waals surface area contributed by atoms with Crippen molar-refractivity contribution in [3.8, 4) is 23.0 Å². The van der Waals surface area contributed by atoms with Gasteiger partial charge in [0.2, 0.25) is 0 Å². The minimum atomic E-state index is -1.37. The van der Waals surface area contributed by atoms with Gasteiger partial charge in [0.25, 0.3) is 0 Å². The van der Waals surface area contributed by atoms with Gasteiger partial charge in [-0.1, -0.05) is 12.1 Å². The van der Waals surface area contributed by atoms with E-state index in [1.54, 1.807) is 13.0 Å². The van der Waals surface area contributed by atoms with E-state index in [0.29, 0.717) is 18.4 Å². The summed E-state index contributed by atoms with van der Waals surface area (Å²) in [5.74, 6) is -0.0485. The standard InChI is InChI=1S/C25H34O11/c1-13-21(29)23(31)24(32)25(35-13)34-9-3-4-14-5-8-18(17(28)10-14)36-20(12-26)22(30)15-6-7-16(27)19(11-15)33-2/h5-8,10-11,13,20-32H,3-4,9,12H2,1-2H3. The van der Waals surface area contributed by atoms with Gasteiger partial charge < -0.3 is 54.7 Å². The van der Waals surface area contributed by atoms with Crippen molar-refractivity contribution in [3.63, 3.8) is 0 Å². The van der Waals surface area contributed by atoms with Gasteiger partial charge in [0.1, 0.15) is 24.4 Å². The molecule has 0 aromatic heterocycles. The van der Waals surface area contributed by atoms with E-state index in [2.05, 4.69) is 0 Å². The van der Waals surface area contributed by atoms with E-state index >= 15 is 0 Å². The summed E-state index contributed by atoms with van der Waals surface area (Å²) in [5.41, 5.74) is 1.12. The highest BCUT2D eigenvalue weighted by atomic mass is 16.7. The van der Waals surface area contributed by atoms with Crippen molar-refractivity contribution in [2.75, 3.05) is 20.3 Å². The number of methoxy groups -OCH3 is 1. The molecule has 200 valence electrons. The lowest BCUT2D eigenvalue weighted by atomic mass is 10.00. The summed E-state index contributed by atoms with van der Waals surface area (Å²) in [6.07, 6.45) is -7.00. The first-order valence-electron chi connectivity index (χ1n) is 11.6. The van der Waals surface area contributed by atoms with Gasteiger partial charge in [-0.15, -0.1) is 0 Å². The lowest BCUT2D eigenvalue weighted by Crippen LogP contribution is -2.57. The van der Waals surface area contributed by atoms with Crippen LogP contribution in [0.5, 0.6) is 23.0 Å². The SMILES string of the molecule is COc1cc(C(O)C(CO)Oc2ccc(CCCOC3OC(C)C(O)C(O)C3O)cc2O)ccc1O. The topological polar surface area (TPSA) is 179 Å². The van der Waals surface area contributed by atoms with Crippen molar-refractivity contribution in [1.82, 2.24) is 0 Å². The van der Waals surface area contributed by atoms with E-state index in [1.807, 2.05) is 0 Å². The quantitative estimate of drug-likeness (QED) is 0.208. The summed E-state index contributed by atoms with van der Waals surface area (Å²) in [4.78, 5) is 0. The summed E-state index contributed by atoms with van der Waals surface area (Å²) < 4.78 is 21.6. The van der Waals surface area contributed by atoms with Gasteiger partial charge in [-0.25, -0.2) is 0 Å². The van der Waals surface area contributed by atoms with Gasteiger partial charge >= 0.3 is 0 Å². The molecule has 36 heavy (non-hydrogen) atoms. The van der Waals surface area contributed by atoms with Crippen LogP contribution in [-0.2, 0) is 15.9 Å². The average molecular weight is 511 g/mol. The molecule has 1 fully saturated rings. The molecule has 0 aliphatic carbocycles. The van der Waals surface area contributed by atoms with Crippen LogP contribution in [0.25, 0.3) is 0 Å². The molecule has 0 bridgehead atoms. The number of aliphatic hydroxyl groups excluding tert-OH is 5. The number of rotatable bonds is 11. The van der Waals surface area contributed by atoms with Crippen LogP contribution in [-0.4, -0.2) is 92.9 Å². The van der Waals surface area contributed by atoms with Gasteiger partial charge in [0.15, 0.2) is 35.4 Å². The number of aliphatic hydroxyl groups is 5. The van der Waals surface area contributed by atoms with Gasteiger partial charge in [0.05, 0.1) is 26.4 Å². The third-order valence-electron chi connectivity index (χ3n) is 6.08. The van der Waals surface area contributed by atoms with Gasteiger partial charge in [-0.2, -0.15) is 0 Å². The smallest absolute Gasteiger partial charge is 0.186 e. The zero-order valence-electron chi connectivity index (χ0n) is 20.1. The minimum Gasteiger partial charge on any atom is -0.504 e. The molecule has 0 amide bonds. The molecule has 2 aromatic carbocycles. The molecule has 7 atom stereocenters. The molecule has 1 aliphatic rings. The van der Waals surface area contributed by atoms with Crippen LogP contribution in [0.2, 0.25) is 0 Å². The first-order valence-corrected chi connectivity index (χ1v) is 11.6. The van der Waals surface area contributed by atoms with Gasteiger partial charge in [0, 0.05) is 0 Å². The maximum Gasteiger partial charge on any atom is 0.186 e. The lowest BCUT2D eigenvalue weighted by Gasteiger charge is -2.38. The van der Waals surface area contributed by atoms with Crippen molar-refractivity contribution < 1.29 is 54.7 Å². The second kappa shape index (κ2) is 12.5. The highest BCUT2D eigenvalue weighted by Gasteiger charge is 2.42. The Bertz CT molecular complexity index is 984. The Morgan fingerprint density at radius 2 is 1.69 bits per heavy atom. The first-order chi connectivity index (χ1) is 17.2. The number of hydrogen-bond acceptors (Lipinski definition) is 11. The normalized spacial score (nSPS) is 25.8. The van der Waals surface area contributed by atoms with Crippen molar-refractivity contribution in [2.45, 2.75) is 62.7 Å². The number of phenols is 2. The van der Waals surface area contributed by atoms with Crippen LogP contribution in [0.1, 0.15) is 30.6 Å². The Kier molecular flexibility index (Phi) is 9.74. The predicted molar refractivity (Wildman–Crippen MR) is 126 cm³/mol. The summed E-state index contributed by atoms with van der Waals surface area (Å²) >= 11 is 0. The minimum absolute atomic E-state index is 0.0686. The molecule has 11 nitrogen and oxygen atoms in total. The van der Waals surface area contributed by atoms with Gasteiger partial charge in [-0.3, -0.25) is 0 Å². The Morgan fingerprint density at radius 3 is 2.36 bits per heavy atom. The summed E-state index contributed by atoms with van der Waals surface area (Å²) in [7, 11) is 1.38. The van der Waals surface area contributed by atoms with Crippen LogP contribution >= 0.6 is 0 Å². The zero-order valence-corrected chi connectivity index (χ0v) is 20.1. The molecule has 1 aliphatic heterocycles. The maximum absolute atomic E-state index is 10.6. The number of phenolic OH excluding ortho intramolecular Hbond substituents is 2. The van der Waals surface area contributed by atoms with Crippen LogP contribution in [0.3, 0.4) is 0 Å². The summed E-state index contributed by atoms with van der Waals surface area (Å²) in [6.45, 7) is 1.23. The Labute approximate surface area is 208 Å². The Morgan fingerprint density at radius 1 is 0.944 bits per heavy atom. The molecule has 0 saturated carbocycles. The molecule has 2 aromatic rings. The highest BCUT2D eigenvalue weighted by molar-refractivity contribution is 5.44. The third-order valence-corrected chi connectivity index (χ3v) is 6.08. The van der Waals surface area contributed by atoms with E-state index in [9.17, 15) is 35.7 Å². The molecular weight excluding hydrogens is 476 g/mol. The average Bonchev–Trinajstić information content (AvgIpc) is 2.87. The summed E-state index contributed by atoms with van der Waals surface area (Å²) in [5, 5.41) is 70.1. The fourth-order valence-electron chi connectivity index (χ4n) is 3.90.